The molecule has 0 atom stereocenters. The van der Waals surface area contributed by atoms with Crippen molar-refractivity contribution in [2.24, 2.45) is 0 Å². The van der Waals surface area contributed by atoms with Crippen molar-refractivity contribution in [1.82, 2.24) is 0 Å². The number of fused-ring (bicyclic) bond motifs is 3. The SMILES string of the molecule is Cc1ccc2c(c1)Sc1cc3c(cc1N2)OCO3. The van der Waals surface area contributed by atoms with Crippen LogP contribution in [0.15, 0.2) is 40.1 Å². The Morgan fingerprint density at radius 2 is 1.78 bits per heavy atom. The quantitative estimate of drug-likeness (QED) is 0.661. The molecule has 2 aromatic rings. The van der Waals surface area contributed by atoms with Crippen molar-refractivity contribution in [3.05, 3.63) is 35.9 Å². The molecule has 18 heavy (non-hydrogen) atoms. The molecule has 0 bridgehead atoms. The zero-order valence-electron chi connectivity index (χ0n) is 9.82. The maximum atomic E-state index is 5.41. The third-order valence-corrected chi connectivity index (χ3v) is 4.22. The summed E-state index contributed by atoms with van der Waals surface area (Å²) in [6.07, 6.45) is 0. The lowest BCUT2D eigenvalue weighted by Crippen LogP contribution is -1.99. The standard InChI is InChI=1S/C14H11NO2S/c1-8-2-3-9-13(4-8)18-14-6-12-11(16-7-17-12)5-10(14)15-9/h2-6,15H,7H2,1H3. The number of benzene rings is 2. The maximum Gasteiger partial charge on any atom is 0.231 e. The van der Waals surface area contributed by atoms with Gasteiger partial charge in [-0.3, -0.25) is 0 Å². The van der Waals surface area contributed by atoms with Crippen LogP contribution in [0.2, 0.25) is 0 Å². The van der Waals surface area contributed by atoms with Gasteiger partial charge < -0.3 is 14.8 Å². The van der Waals surface area contributed by atoms with E-state index in [4.69, 9.17) is 9.47 Å². The normalized spacial score (nSPS) is 14.7. The van der Waals surface area contributed by atoms with Gasteiger partial charge in [-0.1, -0.05) is 17.8 Å². The van der Waals surface area contributed by atoms with Gasteiger partial charge in [-0.2, -0.15) is 0 Å². The van der Waals surface area contributed by atoms with Crippen molar-refractivity contribution in [2.75, 3.05) is 12.1 Å². The molecule has 0 saturated heterocycles. The summed E-state index contributed by atoms with van der Waals surface area (Å²) in [5.41, 5.74) is 3.50. The van der Waals surface area contributed by atoms with Crippen molar-refractivity contribution in [2.45, 2.75) is 16.7 Å². The number of nitrogens with one attached hydrogen (secondary N) is 1. The molecule has 4 heteroatoms. The van der Waals surface area contributed by atoms with E-state index in [2.05, 4.69) is 30.4 Å². The lowest BCUT2D eigenvalue weighted by atomic mass is 10.2. The first kappa shape index (κ1) is 10.1. The summed E-state index contributed by atoms with van der Waals surface area (Å²) in [5, 5.41) is 3.44. The summed E-state index contributed by atoms with van der Waals surface area (Å²) in [5.74, 6) is 1.65. The Balaban J connectivity index is 1.83. The minimum atomic E-state index is 0.314. The monoisotopic (exact) mass is 257 g/mol. The third-order valence-electron chi connectivity index (χ3n) is 3.10. The van der Waals surface area contributed by atoms with Gasteiger partial charge >= 0.3 is 0 Å². The molecule has 0 saturated carbocycles. The van der Waals surface area contributed by atoms with E-state index < -0.39 is 0 Å². The number of hydrogen-bond acceptors (Lipinski definition) is 4. The summed E-state index contributed by atoms with van der Waals surface area (Å²) in [6.45, 7) is 2.42. The average molecular weight is 257 g/mol. The second-order valence-corrected chi connectivity index (χ2v) is 5.51. The largest absolute Gasteiger partial charge is 0.454 e. The predicted octanol–water partition coefficient (Wildman–Crippen LogP) is 3.93. The molecule has 0 aromatic heterocycles. The first-order valence-electron chi connectivity index (χ1n) is 5.79. The lowest BCUT2D eigenvalue weighted by molar-refractivity contribution is 0.174. The number of hydrogen-bond donors (Lipinski definition) is 1. The molecule has 0 amide bonds. The molecule has 2 aliphatic heterocycles. The van der Waals surface area contributed by atoms with E-state index in [9.17, 15) is 0 Å². The van der Waals surface area contributed by atoms with Crippen LogP contribution >= 0.6 is 11.8 Å². The molecule has 4 rings (SSSR count). The van der Waals surface area contributed by atoms with Crippen LogP contribution in [0.25, 0.3) is 0 Å². The smallest absolute Gasteiger partial charge is 0.231 e. The second kappa shape index (κ2) is 3.59. The van der Waals surface area contributed by atoms with Crippen LogP contribution in [-0.2, 0) is 0 Å². The third kappa shape index (κ3) is 1.46. The van der Waals surface area contributed by atoms with Gasteiger partial charge in [0.05, 0.1) is 11.4 Å². The molecular formula is C14H11NO2S. The van der Waals surface area contributed by atoms with E-state index in [1.54, 1.807) is 11.8 Å². The van der Waals surface area contributed by atoms with Crippen molar-refractivity contribution in [3.63, 3.8) is 0 Å². The molecular weight excluding hydrogens is 246 g/mol. The summed E-state index contributed by atoms with van der Waals surface area (Å²) < 4.78 is 10.8. The van der Waals surface area contributed by atoms with Gasteiger partial charge in [0.25, 0.3) is 0 Å². The fraction of sp³-hybridized carbons (Fsp3) is 0.143. The number of aryl methyl sites for hydroxylation is 1. The van der Waals surface area contributed by atoms with Crippen LogP contribution in [0.5, 0.6) is 11.5 Å². The maximum absolute atomic E-state index is 5.41. The Morgan fingerprint density at radius 3 is 2.67 bits per heavy atom. The second-order valence-electron chi connectivity index (χ2n) is 4.43. The van der Waals surface area contributed by atoms with Crippen LogP contribution in [0.4, 0.5) is 11.4 Å². The van der Waals surface area contributed by atoms with Crippen molar-refractivity contribution in [3.8, 4) is 11.5 Å². The topological polar surface area (TPSA) is 30.5 Å². The Kier molecular flexibility index (Phi) is 2.02. The fourth-order valence-corrected chi connectivity index (χ4v) is 3.28. The molecule has 2 aliphatic rings. The predicted molar refractivity (Wildman–Crippen MR) is 71.1 cm³/mol. The van der Waals surface area contributed by atoms with Gasteiger partial charge in [0.2, 0.25) is 6.79 Å². The summed E-state index contributed by atoms with van der Waals surface area (Å²) in [6, 6.07) is 10.5. The highest BCUT2D eigenvalue weighted by Crippen LogP contribution is 2.49. The zero-order chi connectivity index (χ0) is 12.1. The van der Waals surface area contributed by atoms with E-state index >= 15 is 0 Å². The van der Waals surface area contributed by atoms with Crippen LogP contribution in [0.3, 0.4) is 0 Å². The molecule has 90 valence electrons. The van der Waals surface area contributed by atoms with Crippen LogP contribution in [0.1, 0.15) is 5.56 Å². The highest BCUT2D eigenvalue weighted by atomic mass is 32.2. The van der Waals surface area contributed by atoms with Gasteiger partial charge in [0, 0.05) is 21.9 Å². The lowest BCUT2D eigenvalue weighted by Gasteiger charge is -2.21. The fourth-order valence-electron chi connectivity index (χ4n) is 2.19. The highest BCUT2D eigenvalue weighted by Gasteiger charge is 2.22. The summed E-state index contributed by atoms with van der Waals surface area (Å²) >= 11 is 1.76. The molecule has 1 N–H and O–H groups in total. The van der Waals surface area contributed by atoms with Gasteiger partial charge in [-0.15, -0.1) is 0 Å². The number of anilines is 2. The number of ether oxygens (including phenoxy) is 2. The Labute approximate surface area is 109 Å². The highest BCUT2D eigenvalue weighted by molar-refractivity contribution is 7.99. The Morgan fingerprint density at radius 1 is 1.00 bits per heavy atom. The van der Waals surface area contributed by atoms with E-state index in [-0.39, 0.29) is 0 Å². The number of rotatable bonds is 0. The van der Waals surface area contributed by atoms with Crippen LogP contribution in [0, 0.1) is 6.92 Å². The van der Waals surface area contributed by atoms with E-state index in [0.29, 0.717) is 6.79 Å². The van der Waals surface area contributed by atoms with Gasteiger partial charge in [-0.05, 0) is 24.6 Å². The first-order chi connectivity index (χ1) is 8.79. The van der Waals surface area contributed by atoms with Crippen molar-refractivity contribution >= 4 is 23.1 Å². The molecule has 2 heterocycles. The van der Waals surface area contributed by atoms with Gasteiger partial charge in [0.1, 0.15) is 0 Å². The molecule has 0 spiro atoms. The summed E-state index contributed by atoms with van der Waals surface area (Å²) in [7, 11) is 0. The van der Waals surface area contributed by atoms with Gasteiger partial charge in [0.15, 0.2) is 11.5 Å². The minimum absolute atomic E-state index is 0.314. The molecule has 2 aromatic carbocycles. The molecule has 0 radical (unpaired) electrons. The van der Waals surface area contributed by atoms with Crippen molar-refractivity contribution < 1.29 is 9.47 Å². The van der Waals surface area contributed by atoms with E-state index in [1.807, 2.05) is 12.1 Å². The molecule has 0 aliphatic carbocycles. The van der Waals surface area contributed by atoms with Crippen LogP contribution < -0.4 is 14.8 Å². The first-order valence-corrected chi connectivity index (χ1v) is 6.60. The molecule has 0 fully saturated rings. The Hall–Kier alpha value is -1.81. The van der Waals surface area contributed by atoms with Gasteiger partial charge in [-0.25, -0.2) is 0 Å². The van der Waals surface area contributed by atoms with E-state index in [0.717, 1.165) is 22.9 Å². The Bertz CT molecular complexity index is 654. The zero-order valence-corrected chi connectivity index (χ0v) is 10.6. The summed E-state index contributed by atoms with van der Waals surface area (Å²) in [4.78, 5) is 2.43. The average Bonchev–Trinajstić information content (AvgIpc) is 2.80. The molecule has 3 nitrogen and oxygen atoms in total. The van der Waals surface area contributed by atoms with E-state index in [1.165, 1.54) is 15.4 Å². The van der Waals surface area contributed by atoms with Crippen LogP contribution in [-0.4, -0.2) is 6.79 Å². The van der Waals surface area contributed by atoms with Crippen molar-refractivity contribution in [1.29, 1.82) is 0 Å². The molecule has 0 unspecified atom stereocenters. The minimum Gasteiger partial charge on any atom is -0.454 e.